The van der Waals surface area contributed by atoms with Gasteiger partial charge in [0, 0.05) is 29.0 Å². The van der Waals surface area contributed by atoms with E-state index in [4.69, 9.17) is 4.74 Å². The number of nitrogens with one attached hydrogen (secondary N) is 2. The van der Waals surface area contributed by atoms with Gasteiger partial charge < -0.3 is 15.0 Å². The average Bonchev–Trinajstić information content (AvgIpc) is 3.27. The van der Waals surface area contributed by atoms with E-state index < -0.39 is 11.9 Å². The van der Waals surface area contributed by atoms with Crippen molar-refractivity contribution in [2.24, 2.45) is 0 Å². The Hall–Kier alpha value is -4.52. The number of aromatic amines is 1. The van der Waals surface area contributed by atoms with Crippen LogP contribution in [0.5, 0.6) is 0 Å². The van der Waals surface area contributed by atoms with Gasteiger partial charge in [0.1, 0.15) is 5.82 Å². The summed E-state index contributed by atoms with van der Waals surface area (Å²) < 4.78 is 5.22. The Kier molecular flexibility index (Phi) is 5.05. The van der Waals surface area contributed by atoms with Crippen LogP contribution in [0.25, 0.3) is 33.2 Å². The number of aromatic nitrogens is 3. The van der Waals surface area contributed by atoms with E-state index in [1.807, 2.05) is 54.6 Å². The summed E-state index contributed by atoms with van der Waals surface area (Å²) in [5, 5.41) is 4.74. The second-order valence-corrected chi connectivity index (χ2v) is 7.21. The molecule has 0 saturated carbocycles. The van der Waals surface area contributed by atoms with Crippen LogP contribution in [0.2, 0.25) is 0 Å². The van der Waals surface area contributed by atoms with Crippen LogP contribution in [-0.4, -0.2) is 33.4 Å². The summed E-state index contributed by atoms with van der Waals surface area (Å²) in [5.74, 6) is -0.332. The second kappa shape index (κ2) is 8.31. The van der Waals surface area contributed by atoms with Crippen molar-refractivity contribution in [1.29, 1.82) is 0 Å². The molecule has 0 aliphatic rings. The fraction of sp³-hybridized carbons (Fsp3) is 0.0400. The fourth-order valence-corrected chi connectivity index (χ4v) is 3.51. The summed E-state index contributed by atoms with van der Waals surface area (Å²) in [6.07, 6.45) is 3.40. The van der Waals surface area contributed by atoms with Gasteiger partial charge in [-0.05, 0) is 41.8 Å². The minimum absolute atomic E-state index is 0.330. The van der Waals surface area contributed by atoms with Gasteiger partial charge in [-0.15, -0.1) is 0 Å². The first-order valence-corrected chi connectivity index (χ1v) is 10.0. The Morgan fingerprint density at radius 3 is 2.72 bits per heavy atom. The molecule has 2 N–H and O–H groups in total. The number of amides is 1. The highest BCUT2D eigenvalue weighted by atomic mass is 16.5. The summed E-state index contributed by atoms with van der Waals surface area (Å²) >= 11 is 0. The molecule has 3 aromatic carbocycles. The Labute approximate surface area is 183 Å². The number of pyridine rings is 1. The highest BCUT2D eigenvalue weighted by Crippen LogP contribution is 2.23. The number of hydrogen-bond donors (Lipinski definition) is 2. The van der Waals surface area contributed by atoms with Crippen LogP contribution in [0.1, 0.15) is 10.4 Å². The zero-order valence-electron chi connectivity index (χ0n) is 16.9. The van der Waals surface area contributed by atoms with Gasteiger partial charge in [0.15, 0.2) is 6.61 Å². The number of imidazole rings is 1. The Morgan fingerprint density at radius 1 is 0.969 bits per heavy atom. The maximum atomic E-state index is 12.5. The molecule has 7 nitrogen and oxygen atoms in total. The molecule has 0 spiro atoms. The molecule has 0 aliphatic carbocycles. The van der Waals surface area contributed by atoms with Gasteiger partial charge in [-0.1, -0.05) is 36.4 Å². The molecule has 2 heterocycles. The molecule has 0 fully saturated rings. The van der Waals surface area contributed by atoms with Crippen LogP contribution < -0.4 is 5.32 Å². The molecule has 5 rings (SSSR count). The van der Waals surface area contributed by atoms with Gasteiger partial charge in [-0.3, -0.25) is 9.78 Å². The van der Waals surface area contributed by atoms with Crippen LogP contribution in [0.3, 0.4) is 0 Å². The van der Waals surface area contributed by atoms with E-state index in [1.165, 1.54) is 0 Å². The average molecular weight is 422 g/mol. The molecular weight excluding hydrogens is 404 g/mol. The van der Waals surface area contributed by atoms with Crippen molar-refractivity contribution >= 4 is 39.4 Å². The predicted octanol–water partition coefficient (Wildman–Crippen LogP) is 4.57. The highest BCUT2D eigenvalue weighted by molar-refractivity contribution is 6.03. The lowest BCUT2D eigenvalue weighted by Gasteiger charge is -2.09. The number of rotatable bonds is 5. The molecule has 1 amide bonds. The quantitative estimate of drug-likeness (QED) is 0.404. The van der Waals surface area contributed by atoms with E-state index in [2.05, 4.69) is 20.3 Å². The first kappa shape index (κ1) is 19.4. The normalized spacial score (nSPS) is 10.9. The fourth-order valence-electron chi connectivity index (χ4n) is 3.51. The molecule has 0 aliphatic heterocycles. The SMILES string of the molecule is O=C(COC(=O)c1ccc2nc(-c3cccnc3)[nH]c2c1)Nc1cccc2ccccc12. The number of anilines is 1. The molecule has 7 heteroatoms. The van der Waals surface area contributed by atoms with Gasteiger partial charge in [0.2, 0.25) is 0 Å². The third kappa shape index (κ3) is 3.91. The third-order valence-corrected chi connectivity index (χ3v) is 5.05. The molecule has 0 unspecified atom stereocenters. The van der Waals surface area contributed by atoms with Crippen LogP contribution in [-0.2, 0) is 9.53 Å². The zero-order valence-corrected chi connectivity index (χ0v) is 16.9. The van der Waals surface area contributed by atoms with E-state index in [-0.39, 0.29) is 6.61 Å². The number of carbonyl (C=O) groups excluding carboxylic acids is 2. The van der Waals surface area contributed by atoms with E-state index in [9.17, 15) is 9.59 Å². The third-order valence-electron chi connectivity index (χ3n) is 5.05. The first-order chi connectivity index (χ1) is 15.7. The van der Waals surface area contributed by atoms with Crippen LogP contribution >= 0.6 is 0 Å². The van der Waals surface area contributed by atoms with Crippen LogP contribution in [0.15, 0.2) is 85.2 Å². The number of esters is 1. The summed E-state index contributed by atoms with van der Waals surface area (Å²) in [5.41, 5.74) is 3.26. The van der Waals surface area contributed by atoms with Crippen molar-refractivity contribution < 1.29 is 14.3 Å². The molecule has 0 radical (unpaired) electrons. The number of H-pyrrole nitrogens is 1. The largest absolute Gasteiger partial charge is 0.452 e. The maximum absolute atomic E-state index is 12.5. The van der Waals surface area contributed by atoms with Gasteiger partial charge in [0.25, 0.3) is 5.91 Å². The van der Waals surface area contributed by atoms with Crippen molar-refractivity contribution in [2.75, 3.05) is 11.9 Å². The molecule has 2 aromatic heterocycles. The van der Waals surface area contributed by atoms with Gasteiger partial charge in [-0.25, -0.2) is 9.78 Å². The lowest BCUT2D eigenvalue weighted by atomic mass is 10.1. The number of benzene rings is 3. The molecule has 0 saturated heterocycles. The molecular formula is C25H18N4O3. The van der Waals surface area contributed by atoms with Crippen LogP contribution in [0.4, 0.5) is 5.69 Å². The lowest BCUT2D eigenvalue weighted by molar-refractivity contribution is -0.119. The topological polar surface area (TPSA) is 97.0 Å². The van der Waals surface area contributed by atoms with Crippen molar-refractivity contribution in [2.45, 2.75) is 0 Å². The predicted molar refractivity (Wildman–Crippen MR) is 122 cm³/mol. The highest BCUT2D eigenvalue weighted by Gasteiger charge is 2.14. The van der Waals surface area contributed by atoms with E-state index >= 15 is 0 Å². The zero-order chi connectivity index (χ0) is 21.9. The number of fused-ring (bicyclic) bond motifs is 2. The first-order valence-electron chi connectivity index (χ1n) is 10.0. The summed E-state index contributed by atoms with van der Waals surface area (Å²) in [7, 11) is 0. The number of hydrogen-bond acceptors (Lipinski definition) is 5. The van der Waals surface area contributed by atoms with Crippen LogP contribution in [0, 0.1) is 0 Å². The Balaban J connectivity index is 1.27. The molecule has 0 bridgehead atoms. The molecule has 5 aromatic rings. The minimum atomic E-state index is -0.586. The van der Waals surface area contributed by atoms with Crippen molar-refractivity contribution in [1.82, 2.24) is 15.0 Å². The summed E-state index contributed by atoms with van der Waals surface area (Å²) in [6.45, 7) is -0.385. The molecule has 32 heavy (non-hydrogen) atoms. The van der Waals surface area contributed by atoms with Crippen molar-refractivity contribution in [3.63, 3.8) is 0 Å². The number of nitrogens with zero attached hydrogens (tertiary/aromatic N) is 2. The van der Waals surface area contributed by atoms with E-state index in [0.29, 0.717) is 28.1 Å². The van der Waals surface area contributed by atoms with E-state index in [0.717, 1.165) is 16.3 Å². The summed E-state index contributed by atoms with van der Waals surface area (Å²) in [6, 6.07) is 22.1. The number of carbonyl (C=O) groups is 2. The smallest absolute Gasteiger partial charge is 0.338 e. The molecule has 0 atom stereocenters. The van der Waals surface area contributed by atoms with Crippen molar-refractivity contribution in [3.05, 3.63) is 90.8 Å². The van der Waals surface area contributed by atoms with Gasteiger partial charge in [0.05, 0.1) is 16.6 Å². The Bertz CT molecular complexity index is 1440. The maximum Gasteiger partial charge on any atom is 0.338 e. The number of ether oxygens (including phenoxy) is 1. The standard InChI is InChI=1S/C25H18N4O3/c30-23(27-20-9-3-6-16-5-1-2-8-19(16)20)15-32-25(31)17-10-11-21-22(13-17)29-24(28-21)18-7-4-12-26-14-18/h1-14H,15H2,(H,27,30)(H,28,29). The second-order valence-electron chi connectivity index (χ2n) is 7.21. The minimum Gasteiger partial charge on any atom is -0.452 e. The molecule has 156 valence electrons. The van der Waals surface area contributed by atoms with Gasteiger partial charge >= 0.3 is 5.97 Å². The monoisotopic (exact) mass is 422 g/mol. The van der Waals surface area contributed by atoms with E-state index in [1.54, 1.807) is 30.6 Å². The lowest BCUT2D eigenvalue weighted by Crippen LogP contribution is -2.21. The van der Waals surface area contributed by atoms with Crippen molar-refractivity contribution in [3.8, 4) is 11.4 Å². The Morgan fingerprint density at radius 2 is 1.84 bits per heavy atom. The van der Waals surface area contributed by atoms with Gasteiger partial charge in [-0.2, -0.15) is 0 Å². The summed E-state index contributed by atoms with van der Waals surface area (Å²) in [4.78, 5) is 36.6.